The minimum Gasteiger partial charge on any atom is -0.494 e. The van der Waals surface area contributed by atoms with Crippen molar-refractivity contribution in [2.45, 2.75) is 13.5 Å². The molecule has 0 aliphatic heterocycles. The number of aromatic nitrogens is 1. The van der Waals surface area contributed by atoms with E-state index in [0.29, 0.717) is 24.6 Å². The summed E-state index contributed by atoms with van der Waals surface area (Å²) < 4.78 is 5.27. The molecule has 104 valence electrons. The van der Waals surface area contributed by atoms with Gasteiger partial charge in [-0.1, -0.05) is 0 Å². The molecule has 0 spiro atoms. The van der Waals surface area contributed by atoms with E-state index in [1.54, 1.807) is 24.5 Å². The third-order valence-electron chi connectivity index (χ3n) is 2.71. The van der Waals surface area contributed by atoms with Crippen LogP contribution in [-0.2, 0) is 6.54 Å². The molecule has 0 amide bonds. The summed E-state index contributed by atoms with van der Waals surface area (Å²) in [6.07, 6.45) is 3.37. The van der Waals surface area contributed by atoms with E-state index >= 15 is 0 Å². The molecule has 0 radical (unpaired) electrons. The number of pyridine rings is 1. The molecule has 2 aromatic rings. The Balaban J connectivity index is 2.16. The molecule has 0 bridgehead atoms. The molecule has 0 atom stereocenters. The second-order valence-electron chi connectivity index (χ2n) is 4.08. The van der Waals surface area contributed by atoms with E-state index in [9.17, 15) is 10.1 Å². The summed E-state index contributed by atoms with van der Waals surface area (Å²) >= 11 is 0. The molecule has 0 saturated carbocycles. The SMILES string of the molecule is CCOc1ccc(NCc2ccncc2)c([N+](=O)[O-])c1. The number of nitrogens with one attached hydrogen (secondary N) is 1. The Morgan fingerprint density at radius 1 is 1.30 bits per heavy atom. The van der Waals surface area contributed by atoms with Gasteiger partial charge in [0.1, 0.15) is 11.4 Å². The summed E-state index contributed by atoms with van der Waals surface area (Å²) in [5.41, 5.74) is 1.48. The van der Waals surface area contributed by atoms with Crippen molar-refractivity contribution in [3.8, 4) is 5.75 Å². The largest absolute Gasteiger partial charge is 0.494 e. The third-order valence-corrected chi connectivity index (χ3v) is 2.71. The maximum atomic E-state index is 11.1. The molecule has 0 unspecified atom stereocenters. The highest BCUT2D eigenvalue weighted by molar-refractivity contribution is 5.64. The lowest BCUT2D eigenvalue weighted by atomic mass is 10.2. The van der Waals surface area contributed by atoms with Crippen LogP contribution in [0.4, 0.5) is 11.4 Å². The van der Waals surface area contributed by atoms with Gasteiger partial charge in [0.2, 0.25) is 0 Å². The summed E-state index contributed by atoms with van der Waals surface area (Å²) in [5, 5.41) is 14.1. The minimum absolute atomic E-state index is 0.00464. The van der Waals surface area contributed by atoms with Crippen molar-refractivity contribution in [3.63, 3.8) is 0 Å². The van der Waals surface area contributed by atoms with Crippen LogP contribution in [0.1, 0.15) is 12.5 Å². The zero-order valence-electron chi connectivity index (χ0n) is 11.1. The lowest BCUT2D eigenvalue weighted by molar-refractivity contribution is -0.384. The Morgan fingerprint density at radius 2 is 2.05 bits per heavy atom. The first-order valence-corrected chi connectivity index (χ1v) is 6.24. The zero-order valence-corrected chi connectivity index (χ0v) is 11.1. The number of nitro benzene ring substituents is 1. The highest BCUT2D eigenvalue weighted by Gasteiger charge is 2.14. The first-order valence-electron chi connectivity index (χ1n) is 6.24. The topological polar surface area (TPSA) is 77.3 Å². The van der Waals surface area contributed by atoms with Gasteiger partial charge in [0, 0.05) is 18.9 Å². The first-order chi connectivity index (χ1) is 9.70. The highest BCUT2D eigenvalue weighted by atomic mass is 16.6. The molecule has 1 heterocycles. The number of nitrogens with zero attached hydrogens (tertiary/aromatic N) is 2. The molecule has 0 aliphatic rings. The Morgan fingerprint density at radius 3 is 2.70 bits per heavy atom. The van der Waals surface area contributed by atoms with Gasteiger partial charge >= 0.3 is 0 Å². The number of hydrogen-bond acceptors (Lipinski definition) is 5. The Bertz CT molecular complexity index is 587. The van der Waals surface area contributed by atoms with Gasteiger partial charge in [-0.15, -0.1) is 0 Å². The fourth-order valence-corrected chi connectivity index (χ4v) is 1.77. The second kappa shape index (κ2) is 6.51. The normalized spacial score (nSPS) is 10.1. The summed E-state index contributed by atoms with van der Waals surface area (Å²) in [6.45, 7) is 2.81. The van der Waals surface area contributed by atoms with Crippen LogP contribution >= 0.6 is 0 Å². The third kappa shape index (κ3) is 3.44. The fraction of sp³-hybridized carbons (Fsp3) is 0.214. The van der Waals surface area contributed by atoms with Crippen LogP contribution in [0.15, 0.2) is 42.7 Å². The van der Waals surface area contributed by atoms with Gasteiger partial charge in [0.25, 0.3) is 5.69 Å². The molecular formula is C14H15N3O3. The van der Waals surface area contributed by atoms with Gasteiger partial charge in [-0.2, -0.15) is 0 Å². The number of benzene rings is 1. The van der Waals surface area contributed by atoms with Crippen LogP contribution in [0.25, 0.3) is 0 Å². The second-order valence-corrected chi connectivity index (χ2v) is 4.08. The van der Waals surface area contributed by atoms with E-state index in [1.807, 2.05) is 19.1 Å². The maximum absolute atomic E-state index is 11.1. The Hall–Kier alpha value is -2.63. The monoisotopic (exact) mass is 273 g/mol. The van der Waals surface area contributed by atoms with Crippen LogP contribution < -0.4 is 10.1 Å². The van der Waals surface area contributed by atoms with Gasteiger partial charge in [-0.25, -0.2) is 0 Å². The average molecular weight is 273 g/mol. The Labute approximate surface area is 116 Å². The number of anilines is 1. The van der Waals surface area contributed by atoms with Gasteiger partial charge in [0.15, 0.2) is 0 Å². The van der Waals surface area contributed by atoms with Crippen molar-refractivity contribution in [2.75, 3.05) is 11.9 Å². The fourth-order valence-electron chi connectivity index (χ4n) is 1.77. The quantitative estimate of drug-likeness (QED) is 0.646. The number of hydrogen-bond donors (Lipinski definition) is 1. The summed E-state index contributed by atoms with van der Waals surface area (Å²) in [5.74, 6) is 0.494. The number of rotatable bonds is 6. The van der Waals surface area contributed by atoms with Crippen molar-refractivity contribution in [3.05, 3.63) is 58.4 Å². The molecule has 0 aliphatic carbocycles. The standard InChI is InChI=1S/C14H15N3O3/c1-2-20-12-3-4-13(14(9-12)17(18)19)16-10-11-5-7-15-8-6-11/h3-9,16H,2,10H2,1H3. The maximum Gasteiger partial charge on any atom is 0.296 e. The van der Waals surface area contributed by atoms with Crippen molar-refractivity contribution in [1.29, 1.82) is 0 Å². The first kappa shape index (κ1) is 13.8. The van der Waals surface area contributed by atoms with Crippen molar-refractivity contribution in [1.82, 2.24) is 4.98 Å². The zero-order chi connectivity index (χ0) is 14.4. The van der Waals surface area contributed by atoms with Crippen LogP contribution in [-0.4, -0.2) is 16.5 Å². The van der Waals surface area contributed by atoms with Gasteiger partial charge in [-0.3, -0.25) is 15.1 Å². The van der Waals surface area contributed by atoms with Gasteiger partial charge in [0.05, 0.1) is 17.6 Å². The highest BCUT2D eigenvalue weighted by Crippen LogP contribution is 2.29. The minimum atomic E-state index is -0.419. The molecule has 0 fully saturated rings. The smallest absolute Gasteiger partial charge is 0.296 e. The number of nitro groups is 1. The predicted molar refractivity (Wildman–Crippen MR) is 75.8 cm³/mol. The predicted octanol–water partition coefficient (Wildman–Crippen LogP) is 3.00. The number of ether oxygens (including phenoxy) is 1. The van der Waals surface area contributed by atoms with E-state index in [2.05, 4.69) is 10.3 Å². The molecular weight excluding hydrogens is 258 g/mol. The molecule has 6 heteroatoms. The van der Waals surface area contributed by atoms with Crippen LogP contribution in [0.2, 0.25) is 0 Å². The lowest BCUT2D eigenvalue weighted by Gasteiger charge is -2.09. The average Bonchev–Trinajstić information content (AvgIpc) is 2.47. The summed E-state index contributed by atoms with van der Waals surface area (Å²) in [4.78, 5) is 14.6. The van der Waals surface area contributed by atoms with Crippen LogP contribution in [0.3, 0.4) is 0 Å². The van der Waals surface area contributed by atoms with E-state index < -0.39 is 4.92 Å². The van der Waals surface area contributed by atoms with Crippen molar-refractivity contribution < 1.29 is 9.66 Å². The molecule has 2 rings (SSSR count). The van der Waals surface area contributed by atoms with Crippen molar-refractivity contribution >= 4 is 11.4 Å². The van der Waals surface area contributed by atoms with E-state index in [0.717, 1.165) is 5.56 Å². The molecule has 20 heavy (non-hydrogen) atoms. The molecule has 0 saturated heterocycles. The van der Waals surface area contributed by atoms with Crippen LogP contribution in [0, 0.1) is 10.1 Å². The lowest BCUT2D eigenvalue weighted by Crippen LogP contribution is -2.03. The summed E-state index contributed by atoms with van der Waals surface area (Å²) in [6, 6.07) is 8.51. The molecule has 6 nitrogen and oxygen atoms in total. The van der Waals surface area contributed by atoms with E-state index in [1.165, 1.54) is 6.07 Å². The van der Waals surface area contributed by atoms with Crippen molar-refractivity contribution in [2.24, 2.45) is 0 Å². The Kier molecular flexibility index (Phi) is 4.49. The molecule has 1 N–H and O–H groups in total. The van der Waals surface area contributed by atoms with Crippen LogP contribution in [0.5, 0.6) is 5.75 Å². The van der Waals surface area contributed by atoms with Gasteiger partial charge in [-0.05, 0) is 36.8 Å². The van der Waals surface area contributed by atoms with E-state index in [4.69, 9.17) is 4.74 Å². The molecule has 1 aromatic heterocycles. The summed E-state index contributed by atoms with van der Waals surface area (Å²) in [7, 11) is 0. The van der Waals surface area contributed by atoms with Gasteiger partial charge < -0.3 is 10.1 Å². The molecule has 1 aromatic carbocycles. The van der Waals surface area contributed by atoms with E-state index in [-0.39, 0.29) is 5.69 Å².